The summed E-state index contributed by atoms with van der Waals surface area (Å²) in [7, 11) is 0. The maximum Gasteiger partial charge on any atom is 0.272 e. The third-order valence-electron chi connectivity index (χ3n) is 2.48. The number of rotatable bonds is 3. The Bertz CT molecular complexity index is 672. The largest absolute Gasteiger partial charge is 0.857 e. The monoisotopic (exact) mass is 491 g/mol. The van der Waals surface area contributed by atoms with Crippen LogP contribution in [0.1, 0.15) is 15.9 Å². The Labute approximate surface area is 143 Å². The zero-order valence-corrected chi connectivity index (χ0v) is 14.5. The summed E-state index contributed by atoms with van der Waals surface area (Å²) in [6, 6.07) is 14.2. The SMILES string of the molecule is O=C(NN=C([O-])c1ccccc1I)c1ccccc1I. The van der Waals surface area contributed by atoms with E-state index in [-0.39, 0.29) is 0 Å². The minimum absolute atomic E-state index is 0.394. The highest BCUT2D eigenvalue weighted by Crippen LogP contribution is 2.12. The summed E-state index contributed by atoms with van der Waals surface area (Å²) >= 11 is 4.12. The number of nitrogens with one attached hydrogen (secondary N) is 1. The summed E-state index contributed by atoms with van der Waals surface area (Å²) in [6.07, 6.45) is 0. The molecular formula is C14H9I2N2O2-. The van der Waals surface area contributed by atoms with E-state index in [0.29, 0.717) is 11.1 Å². The van der Waals surface area contributed by atoms with Crippen molar-refractivity contribution in [1.82, 2.24) is 5.43 Å². The van der Waals surface area contributed by atoms with E-state index in [2.05, 4.69) is 55.7 Å². The lowest BCUT2D eigenvalue weighted by molar-refractivity contribution is -0.213. The lowest BCUT2D eigenvalue weighted by Crippen LogP contribution is -2.27. The van der Waals surface area contributed by atoms with E-state index in [1.807, 2.05) is 24.3 Å². The van der Waals surface area contributed by atoms with Gasteiger partial charge < -0.3 is 5.11 Å². The molecule has 0 heterocycles. The van der Waals surface area contributed by atoms with Crippen LogP contribution < -0.4 is 10.5 Å². The van der Waals surface area contributed by atoms with Gasteiger partial charge in [0.2, 0.25) is 0 Å². The molecule has 0 atom stereocenters. The first kappa shape index (κ1) is 15.2. The molecule has 0 saturated heterocycles. The molecule has 2 aromatic rings. The fraction of sp³-hybridized carbons (Fsp3) is 0. The van der Waals surface area contributed by atoms with Crippen molar-refractivity contribution in [2.75, 3.05) is 0 Å². The Hall–Kier alpha value is -1.16. The number of carbonyl (C=O) groups is 1. The van der Waals surface area contributed by atoms with E-state index in [9.17, 15) is 9.90 Å². The van der Waals surface area contributed by atoms with Crippen molar-refractivity contribution in [3.8, 4) is 0 Å². The van der Waals surface area contributed by atoms with Crippen molar-refractivity contribution in [1.29, 1.82) is 0 Å². The van der Waals surface area contributed by atoms with Crippen molar-refractivity contribution in [2.45, 2.75) is 0 Å². The topological polar surface area (TPSA) is 64.5 Å². The molecule has 2 aromatic carbocycles. The highest BCUT2D eigenvalue weighted by Gasteiger charge is 2.07. The van der Waals surface area contributed by atoms with Gasteiger partial charge in [0.05, 0.1) is 5.56 Å². The summed E-state index contributed by atoms with van der Waals surface area (Å²) in [5, 5.41) is 15.5. The number of hydrogen-bond donors (Lipinski definition) is 1. The van der Waals surface area contributed by atoms with E-state index in [0.717, 1.165) is 7.14 Å². The van der Waals surface area contributed by atoms with Gasteiger partial charge in [0.1, 0.15) is 0 Å². The van der Waals surface area contributed by atoms with E-state index in [1.165, 1.54) is 0 Å². The van der Waals surface area contributed by atoms with Gasteiger partial charge in [-0.05, 0) is 63.4 Å². The average molecular weight is 491 g/mol. The molecule has 0 saturated carbocycles. The highest BCUT2D eigenvalue weighted by molar-refractivity contribution is 14.1. The zero-order valence-electron chi connectivity index (χ0n) is 10.1. The van der Waals surface area contributed by atoms with Gasteiger partial charge >= 0.3 is 0 Å². The third kappa shape index (κ3) is 3.69. The Balaban J connectivity index is 2.16. The number of benzene rings is 2. The van der Waals surface area contributed by atoms with Crippen LogP contribution in [0.2, 0.25) is 0 Å². The lowest BCUT2D eigenvalue weighted by Gasteiger charge is -2.12. The molecule has 4 nitrogen and oxygen atoms in total. The molecule has 0 aliphatic rings. The normalized spacial score (nSPS) is 11.2. The molecule has 0 spiro atoms. The second-order valence-corrected chi connectivity index (χ2v) is 6.14. The summed E-state index contributed by atoms with van der Waals surface area (Å²) < 4.78 is 1.60. The Morgan fingerprint density at radius 2 is 1.45 bits per heavy atom. The van der Waals surface area contributed by atoms with Gasteiger partial charge in [0.15, 0.2) is 0 Å². The Kier molecular flexibility index (Phi) is 5.35. The van der Waals surface area contributed by atoms with E-state index >= 15 is 0 Å². The molecule has 0 fully saturated rings. The lowest BCUT2D eigenvalue weighted by atomic mass is 10.2. The first-order chi connectivity index (χ1) is 9.59. The molecular weight excluding hydrogens is 482 g/mol. The summed E-state index contributed by atoms with van der Waals surface area (Å²) in [4.78, 5) is 11.9. The molecule has 6 heteroatoms. The smallest absolute Gasteiger partial charge is 0.272 e. The van der Waals surface area contributed by atoms with Gasteiger partial charge in [-0.2, -0.15) is 5.10 Å². The van der Waals surface area contributed by atoms with Crippen LogP contribution in [0.4, 0.5) is 0 Å². The van der Waals surface area contributed by atoms with E-state index < -0.39 is 11.8 Å². The van der Waals surface area contributed by atoms with Crippen LogP contribution >= 0.6 is 45.2 Å². The summed E-state index contributed by atoms with van der Waals surface area (Å²) in [6.45, 7) is 0. The number of nitrogens with zero attached hydrogens (tertiary/aromatic N) is 1. The van der Waals surface area contributed by atoms with Crippen LogP contribution in [0.3, 0.4) is 0 Å². The average Bonchev–Trinajstić information content (AvgIpc) is 2.45. The predicted molar refractivity (Wildman–Crippen MR) is 92.3 cm³/mol. The maximum atomic E-state index is 11.9. The van der Waals surface area contributed by atoms with Crippen molar-refractivity contribution in [2.24, 2.45) is 5.10 Å². The van der Waals surface area contributed by atoms with Crippen LogP contribution in [-0.2, 0) is 0 Å². The number of hydrogen-bond acceptors (Lipinski definition) is 3. The first-order valence-corrected chi connectivity index (χ1v) is 7.80. The van der Waals surface area contributed by atoms with Crippen LogP contribution in [0.5, 0.6) is 0 Å². The second-order valence-electron chi connectivity index (χ2n) is 3.82. The quantitative estimate of drug-likeness (QED) is 0.311. The molecule has 1 N–H and O–H groups in total. The van der Waals surface area contributed by atoms with Gasteiger partial charge in [-0.25, -0.2) is 5.43 Å². The van der Waals surface area contributed by atoms with Crippen molar-refractivity contribution in [3.05, 3.63) is 66.8 Å². The maximum absolute atomic E-state index is 11.9. The fourth-order valence-electron chi connectivity index (χ4n) is 1.50. The Morgan fingerprint density at radius 3 is 2.00 bits per heavy atom. The predicted octanol–water partition coefficient (Wildman–Crippen LogP) is 2.35. The standard InChI is InChI=1S/C14H10I2N2O2/c15-11-7-3-1-5-9(11)13(19)17-18-14(20)10-6-2-4-8-12(10)16/h1-8H,(H,17,19)(H,18,20)/p-1. The molecule has 1 amide bonds. The number of amides is 1. The van der Waals surface area contributed by atoms with Gasteiger partial charge in [0, 0.05) is 18.6 Å². The molecule has 20 heavy (non-hydrogen) atoms. The molecule has 0 radical (unpaired) electrons. The minimum atomic E-state index is -0.464. The van der Waals surface area contributed by atoms with Crippen LogP contribution in [0.25, 0.3) is 0 Å². The number of hydrazone groups is 1. The fourth-order valence-corrected chi connectivity index (χ4v) is 2.75. The van der Waals surface area contributed by atoms with E-state index in [1.54, 1.807) is 24.3 Å². The molecule has 0 unspecified atom stereocenters. The van der Waals surface area contributed by atoms with Crippen molar-refractivity contribution >= 4 is 57.0 Å². The third-order valence-corrected chi connectivity index (χ3v) is 4.36. The molecule has 2 rings (SSSR count). The number of halogens is 2. The number of carbonyl (C=O) groups excluding carboxylic acids is 1. The second kappa shape index (κ2) is 7.02. The molecule has 0 aliphatic carbocycles. The molecule has 0 bridgehead atoms. The van der Waals surface area contributed by atoms with E-state index in [4.69, 9.17) is 0 Å². The van der Waals surface area contributed by atoms with Gasteiger partial charge in [-0.15, -0.1) is 0 Å². The molecule has 0 aromatic heterocycles. The zero-order chi connectivity index (χ0) is 14.5. The highest BCUT2D eigenvalue weighted by atomic mass is 127. The van der Waals surface area contributed by atoms with Crippen molar-refractivity contribution < 1.29 is 9.90 Å². The van der Waals surface area contributed by atoms with Gasteiger partial charge in [-0.3, -0.25) is 4.79 Å². The molecule has 102 valence electrons. The van der Waals surface area contributed by atoms with Gasteiger partial charge in [-0.1, -0.05) is 30.3 Å². The summed E-state index contributed by atoms with van der Waals surface area (Å²) in [5.41, 5.74) is 3.26. The van der Waals surface area contributed by atoms with Crippen LogP contribution in [0.15, 0.2) is 53.6 Å². The minimum Gasteiger partial charge on any atom is -0.857 e. The van der Waals surface area contributed by atoms with Gasteiger partial charge in [0.25, 0.3) is 5.91 Å². The molecule has 0 aliphatic heterocycles. The first-order valence-electron chi connectivity index (χ1n) is 5.64. The van der Waals surface area contributed by atoms with Crippen LogP contribution in [-0.4, -0.2) is 11.8 Å². The Morgan fingerprint density at radius 1 is 0.950 bits per heavy atom. The summed E-state index contributed by atoms with van der Waals surface area (Å²) in [5.74, 6) is -0.858. The van der Waals surface area contributed by atoms with Crippen LogP contribution in [0, 0.1) is 7.14 Å². The van der Waals surface area contributed by atoms with Crippen molar-refractivity contribution in [3.63, 3.8) is 0 Å².